The van der Waals surface area contributed by atoms with Gasteiger partial charge in [0.15, 0.2) is 11.6 Å². The molecule has 1 aromatic carbocycles. The van der Waals surface area contributed by atoms with Gasteiger partial charge in [0.1, 0.15) is 5.82 Å². The number of imidazole rings is 1. The number of hydrogen-bond donors (Lipinski definition) is 1. The van der Waals surface area contributed by atoms with Crippen molar-refractivity contribution in [3.63, 3.8) is 0 Å². The summed E-state index contributed by atoms with van der Waals surface area (Å²) in [5.74, 6) is 0.170. The zero-order valence-electron chi connectivity index (χ0n) is 11.3. The fourth-order valence-corrected chi connectivity index (χ4v) is 2.13. The average molecular weight is 284 g/mol. The van der Waals surface area contributed by atoms with E-state index in [-0.39, 0.29) is 5.75 Å². The van der Waals surface area contributed by atoms with Crippen LogP contribution in [-0.4, -0.2) is 21.6 Å². The van der Waals surface area contributed by atoms with Crippen molar-refractivity contribution in [2.75, 3.05) is 12.8 Å². The number of aromatic nitrogens is 3. The standard InChI is InChI=1S/C15H13FN4O/c1-21-14-7-10(4-5-12(14)16)20-9-18-8-13(20)11-3-2-6-19-15(11)17/h2-9H,1H3,(H2,17,19). The molecule has 0 amide bonds. The molecule has 0 saturated carbocycles. The quantitative estimate of drug-likeness (QED) is 0.803. The smallest absolute Gasteiger partial charge is 0.165 e. The van der Waals surface area contributed by atoms with Crippen LogP contribution in [0.4, 0.5) is 10.2 Å². The molecule has 0 unspecified atom stereocenters. The van der Waals surface area contributed by atoms with E-state index in [0.29, 0.717) is 5.82 Å². The van der Waals surface area contributed by atoms with E-state index in [2.05, 4.69) is 9.97 Å². The highest BCUT2D eigenvalue weighted by Gasteiger charge is 2.12. The van der Waals surface area contributed by atoms with Gasteiger partial charge in [-0.25, -0.2) is 14.4 Å². The lowest BCUT2D eigenvalue weighted by Gasteiger charge is -2.11. The van der Waals surface area contributed by atoms with E-state index in [1.807, 2.05) is 6.07 Å². The third-order valence-electron chi connectivity index (χ3n) is 3.17. The van der Waals surface area contributed by atoms with Gasteiger partial charge in [0, 0.05) is 17.8 Å². The third kappa shape index (κ3) is 2.31. The Labute approximate surface area is 120 Å². The van der Waals surface area contributed by atoms with Crippen LogP contribution in [0.25, 0.3) is 16.9 Å². The maximum absolute atomic E-state index is 13.5. The van der Waals surface area contributed by atoms with Gasteiger partial charge in [0.2, 0.25) is 0 Å². The molecule has 0 aliphatic rings. The Morgan fingerprint density at radius 2 is 2.14 bits per heavy atom. The van der Waals surface area contributed by atoms with Crippen LogP contribution in [0.3, 0.4) is 0 Å². The highest BCUT2D eigenvalue weighted by atomic mass is 19.1. The number of rotatable bonds is 3. The molecule has 3 aromatic rings. The van der Waals surface area contributed by atoms with Crippen LogP contribution in [-0.2, 0) is 0 Å². The fraction of sp³-hybridized carbons (Fsp3) is 0.0667. The van der Waals surface area contributed by atoms with E-state index in [0.717, 1.165) is 16.9 Å². The van der Waals surface area contributed by atoms with Crippen LogP contribution in [0.1, 0.15) is 0 Å². The van der Waals surface area contributed by atoms with Crippen molar-refractivity contribution in [2.45, 2.75) is 0 Å². The minimum atomic E-state index is -0.413. The maximum atomic E-state index is 13.5. The van der Waals surface area contributed by atoms with Crippen LogP contribution >= 0.6 is 0 Å². The molecule has 0 fully saturated rings. The molecule has 2 N–H and O–H groups in total. The lowest BCUT2D eigenvalue weighted by atomic mass is 10.2. The Hall–Kier alpha value is -2.89. The minimum absolute atomic E-state index is 0.173. The van der Waals surface area contributed by atoms with Crippen molar-refractivity contribution in [3.05, 3.63) is 54.9 Å². The molecular weight excluding hydrogens is 271 g/mol. The Morgan fingerprint density at radius 1 is 1.29 bits per heavy atom. The van der Waals surface area contributed by atoms with Gasteiger partial charge in [-0.15, -0.1) is 0 Å². The fourth-order valence-electron chi connectivity index (χ4n) is 2.13. The number of nitrogen functional groups attached to an aromatic ring is 1. The van der Waals surface area contributed by atoms with Crippen LogP contribution in [0.5, 0.6) is 5.75 Å². The second-order valence-corrected chi connectivity index (χ2v) is 4.40. The molecule has 0 spiro atoms. The molecule has 5 nitrogen and oxygen atoms in total. The molecule has 6 heteroatoms. The molecular formula is C15H13FN4O. The number of nitrogens with zero attached hydrogens (tertiary/aromatic N) is 3. The summed E-state index contributed by atoms with van der Waals surface area (Å²) in [6.07, 6.45) is 4.94. The molecule has 21 heavy (non-hydrogen) atoms. The largest absolute Gasteiger partial charge is 0.494 e. The third-order valence-corrected chi connectivity index (χ3v) is 3.17. The van der Waals surface area contributed by atoms with Crippen molar-refractivity contribution < 1.29 is 9.13 Å². The van der Waals surface area contributed by atoms with Crippen LogP contribution < -0.4 is 10.5 Å². The molecule has 0 radical (unpaired) electrons. The molecule has 0 atom stereocenters. The van der Waals surface area contributed by atoms with Crippen molar-refractivity contribution in [3.8, 4) is 22.7 Å². The molecule has 0 saturated heterocycles. The van der Waals surface area contributed by atoms with Crippen LogP contribution in [0.15, 0.2) is 49.1 Å². The molecule has 2 aromatic heterocycles. The van der Waals surface area contributed by atoms with E-state index >= 15 is 0 Å². The topological polar surface area (TPSA) is 66.0 Å². The Bertz CT molecular complexity index is 785. The SMILES string of the molecule is COc1cc(-n2cncc2-c2cccnc2N)ccc1F. The van der Waals surface area contributed by atoms with E-state index in [1.54, 1.807) is 41.5 Å². The van der Waals surface area contributed by atoms with Crippen molar-refractivity contribution in [1.29, 1.82) is 0 Å². The summed E-state index contributed by atoms with van der Waals surface area (Å²) in [6.45, 7) is 0. The first kappa shape index (κ1) is 13.1. The lowest BCUT2D eigenvalue weighted by Crippen LogP contribution is -2.00. The van der Waals surface area contributed by atoms with E-state index in [9.17, 15) is 4.39 Å². The first-order valence-corrected chi connectivity index (χ1v) is 6.28. The Kier molecular flexibility index (Phi) is 3.27. The highest BCUT2D eigenvalue weighted by molar-refractivity contribution is 5.72. The molecule has 0 bridgehead atoms. The summed E-state index contributed by atoms with van der Waals surface area (Å²) < 4.78 is 20.3. The van der Waals surface area contributed by atoms with Gasteiger partial charge >= 0.3 is 0 Å². The number of methoxy groups -OCH3 is 1. The van der Waals surface area contributed by atoms with Crippen LogP contribution in [0.2, 0.25) is 0 Å². The normalized spacial score (nSPS) is 10.6. The Morgan fingerprint density at radius 3 is 2.90 bits per heavy atom. The predicted molar refractivity (Wildman–Crippen MR) is 77.7 cm³/mol. The number of ether oxygens (including phenoxy) is 1. The van der Waals surface area contributed by atoms with Gasteiger partial charge in [-0.2, -0.15) is 0 Å². The van der Waals surface area contributed by atoms with Gasteiger partial charge < -0.3 is 10.5 Å². The number of hydrogen-bond acceptors (Lipinski definition) is 4. The predicted octanol–water partition coefficient (Wildman–Crippen LogP) is 2.66. The highest BCUT2D eigenvalue weighted by Crippen LogP contribution is 2.28. The van der Waals surface area contributed by atoms with Gasteiger partial charge in [0.05, 0.1) is 31.0 Å². The summed E-state index contributed by atoms with van der Waals surface area (Å²) in [4.78, 5) is 8.21. The molecule has 106 valence electrons. The van der Waals surface area contributed by atoms with Crippen molar-refractivity contribution >= 4 is 5.82 Å². The minimum Gasteiger partial charge on any atom is -0.494 e. The second-order valence-electron chi connectivity index (χ2n) is 4.40. The van der Waals surface area contributed by atoms with E-state index in [4.69, 9.17) is 10.5 Å². The van der Waals surface area contributed by atoms with E-state index < -0.39 is 5.82 Å². The number of halogens is 1. The summed E-state index contributed by atoms with van der Waals surface area (Å²) in [7, 11) is 1.43. The molecule has 0 aliphatic carbocycles. The number of anilines is 1. The van der Waals surface area contributed by atoms with Gasteiger partial charge in [-0.05, 0) is 24.3 Å². The van der Waals surface area contributed by atoms with E-state index in [1.165, 1.54) is 13.2 Å². The zero-order chi connectivity index (χ0) is 14.8. The van der Waals surface area contributed by atoms with Gasteiger partial charge in [-0.1, -0.05) is 0 Å². The molecule has 0 aliphatic heterocycles. The Balaban J connectivity index is 2.14. The number of nitrogens with two attached hydrogens (primary N) is 1. The van der Waals surface area contributed by atoms with Gasteiger partial charge in [-0.3, -0.25) is 4.57 Å². The summed E-state index contributed by atoms with van der Waals surface area (Å²) >= 11 is 0. The monoisotopic (exact) mass is 284 g/mol. The van der Waals surface area contributed by atoms with Gasteiger partial charge in [0.25, 0.3) is 0 Å². The summed E-state index contributed by atoms with van der Waals surface area (Å²) in [6, 6.07) is 8.26. The van der Waals surface area contributed by atoms with Crippen molar-refractivity contribution in [2.24, 2.45) is 0 Å². The number of pyridine rings is 1. The lowest BCUT2D eigenvalue weighted by molar-refractivity contribution is 0.386. The average Bonchev–Trinajstić information content (AvgIpc) is 2.97. The second kappa shape index (κ2) is 5.24. The maximum Gasteiger partial charge on any atom is 0.165 e. The van der Waals surface area contributed by atoms with Crippen LogP contribution in [0, 0.1) is 5.82 Å². The van der Waals surface area contributed by atoms with Crippen molar-refractivity contribution in [1.82, 2.24) is 14.5 Å². The number of benzene rings is 1. The first-order chi connectivity index (χ1) is 10.2. The summed E-state index contributed by atoms with van der Waals surface area (Å²) in [5.41, 5.74) is 8.16. The molecule has 2 heterocycles. The summed E-state index contributed by atoms with van der Waals surface area (Å²) in [5, 5.41) is 0. The first-order valence-electron chi connectivity index (χ1n) is 6.28. The zero-order valence-corrected chi connectivity index (χ0v) is 11.3. The molecule has 3 rings (SSSR count).